The number of hydrogen-bond donors (Lipinski definition) is 2. The summed E-state index contributed by atoms with van der Waals surface area (Å²) in [5.74, 6) is -4.12. The summed E-state index contributed by atoms with van der Waals surface area (Å²) in [4.78, 5) is 27.9. The second-order valence-corrected chi connectivity index (χ2v) is 14.1. The van der Waals surface area contributed by atoms with Crippen LogP contribution in [0.1, 0.15) is 46.8 Å². The fraction of sp³-hybridized carbons (Fsp3) is 0.750. The zero-order chi connectivity index (χ0) is 24.3. The van der Waals surface area contributed by atoms with Crippen LogP contribution < -0.4 is 11.0 Å². The molecule has 1 amide bonds. The van der Waals surface area contributed by atoms with Gasteiger partial charge < -0.3 is 19.0 Å². The van der Waals surface area contributed by atoms with Crippen LogP contribution in [0.3, 0.4) is 0 Å². The SMILES string of the molecule is CCCCOC(=O)Nc1ccnc(=O)n1[C@@H]1O[C@H](CO[Si](C)(C)C(C)(C)C)[C@@H](O)C1(F)F. The van der Waals surface area contributed by atoms with Crippen LogP contribution >= 0.6 is 0 Å². The van der Waals surface area contributed by atoms with Gasteiger partial charge in [-0.15, -0.1) is 0 Å². The van der Waals surface area contributed by atoms with Crippen molar-refractivity contribution in [1.29, 1.82) is 0 Å². The van der Waals surface area contributed by atoms with Gasteiger partial charge in [0, 0.05) is 6.20 Å². The van der Waals surface area contributed by atoms with Crippen molar-refractivity contribution in [3.63, 3.8) is 0 Å². The molecule has 2 N–H and O–H groups in total. The van der Waals surface area contributed by atoms with Gasteiger partial charge in [-0.1, -0.05) is 34.1 Å². The van der Waals surface area contributed by atoms with Crippen LogP contribution in [0.4, 0.5) is 19.4 Å². The highest BCUT2D eigenvalue weighted by atomic mass is 28.4. The summed E-state index contributed by atoms with van der Waals surface area (Å²) >= 11 is 0. The van der Waals surface area contributed by atoms with E-state index in [1.54, 1.807) is 0 Å². The molecule has 2 rings (SSSR count). The van der Waals surface area contributed by atoms with E-state index in [0.717, 1.165) is 12.6 Å². The fourth-order valence-electron chi connectivity index (χ4n) is 2.79. The van der Waals surface area contributed by atoms with Gasteiger partial charge >= 0.3 is 17.7 Å². The maximum Gasteiger partial charge on any atom is 0.412 e. The Labute approximate surface area is 187 Å². The largest absolute Gasteiger partial charge is 0.449 e. The number of halogens is 2. The van der Waals surface area contributed by atoms with Crippen molar-refractivity contribution in [3.8, 4) is 0 Å². The monoisotopic (exact) mass is 477 g/mol. The molecule has 1 aromatic rings. The Morgan fingerprint density at radius 2 is 2.06 bits per heavy atom. The number of hydrogen-bond acceptors (Lipinski definition) is 7. The number of carbonyl (C=O) groups is 1. The number of aliphatic hydroxyl groups is 1. The Kier molecular flexibility index (Phi) is 8.18. The standard InChI is InChI=1S/C20H33F2N3O6Si/c1-7-8-11-29-18(28)24-14-9-10-23-17(27)25(14)16-20(21,22)15(26)13(31-16)12-30-32(5,6)19(2,3)4/h9-10,13,15-16,26H,7-8,11-12H2,1-6H3,(H,24,28)/t13-,15-,16-/m1/s1. The van der Waals surface area contributed by atoms with E-state index in [1.807, 2.05) is 40.8 Å². The van der Waals surface area contributed by atoms with Crippen LogP contribution in [-0.2, 0) is 13.9 Å². The zero-order valence-electron chi connectivity index (χ0n) is 19.4. The molecule has 0 unspecified atom stereocenters. The van der Waals surface area contributed by atoms with Crippen LogP contribution in [-0.4, -0.2) is 60.4 Å². The van der Waals surface area contributed by atoms with Crippen LogP contribution in [0.15, 0.2) is 17.1 Å². The first-order chi connectivity index (χ1) is 14.7. The molecule has 2 heterocycles. The maximum atomic E-state index is 15.0. The van der Waals surface area contributed by atoms with Crippen molar-refractivity contribution in [2.45, 2.75) is 83.0 Å². The molecule has 182 valence electrons. The third-order valence-electron chi connectivity index (χ3n) is 5.87. The van der Waals surface area contributed by atoms with Gasteiger partial charge in [-0.2, -0.15) is 8.78 Å². The Morgan fingerprint density at radius 1 is 1.41 bits per heavy atom. The van der Waals surface area contributed by atoms with Gasteiger partial charge in [0.2, 0.25) is 6.23 Å². The van der Waals surface area contributed by atoms with Crippen molar-refractivity contribution in [1.82, 2.24) is 9.55 Å². The van der Waals surface area contributed by atoms with E-state index in [1.165, 1.54) is 6.07 Å². The smallest absolute Gasteiger partial charge is 0.412 e. The first kappa shape index (κ1) is 26.4. The topological polar surface area (TPSA) is 112 Å². The molecule has 9 nitrogen and oxygen atoms in total. The van der Waals surface area contributed by atoms with Gasteiger partial charge in [-0.05, 0) is 30.6 Å². The summed E-state index contributed by atoms with van der Waals surface area (Å²) < 4.78 is 46.8. The molecule has 0 bridgehead atoms. The molecule has 1 saturated heterocycles. The van der Waals surface area contributed by atoms with E-state index >= 15 is 0 Å². The molecule has 3 atom stereocenters. The minimum atomic E-state index is -3.84. The molecule has 32 heavy (non-hydrogen) atoms. The Bertz CT molecular complexity index is 858. The average Bonchev–Trinajstić information content (AvgIpc) is 2.89. The number of ether oxygens (including phenoxy) is 2. The van der Waals surface area contributed by atoms with Gasteiger partial charge in [0.25, 0.3) is 0 Å². The number of nitrogens with zero attached hydrogens (tertiary/aromatic N) is 2. The van der Waals surface area contributed by atoms with Crippen molar-refractivity contribution < 1.29 is 32.6 Å². The molecule has 1 aliphatic heterocycles. The molecular formula is C20H33F2N3O6Si. The lowest BCUT2D eigenvalue weighted by Gasteiger charge is -2.37. The highest BCUT2D eigenvalue weighted by Gasteiger charge is 2.60. The number of alkyl halides is 2. The summed E-state index contributed by atoms with van der Waals surface area (Å²) in [5.41, 5.74) is -1.07. The van der Waals surface area contributed by atoms with Crippen LogP contribution in [0.2, 0.25) is 18.1 Å². The molecule has 0 radical (unpaired) electrons. The fourth-order valence-corrected chi connectivity index (χ4v) is 3.80. The van der Waals surface area contributed by atoms with Crippen LogP contribution in [0, 0.1) is 0 Å². The van der Waals surface area contributed by atoms with E-state index in [0.29, 0.717) is 11.0 Å². The maximum absolute atomic E-state index is 15.0. The lowest BCUT2D eigenvalue weighted by Crippen LogP contribution is -2.45. The van der Waals surface area contributed by atoms with E-state index in [-0.39, 0.29) is 24.1 Å². The minimum Gasteiger partial charge on any atom is -0.449 e. The van der Waals surface area contributed by atoms with E-state index in [4.69, 9.17) is 13.9 Å². The van der Waals surface area contributed by atoms with E-state index < -0.39 is 44.5 Å². The van der Waals surface area contributed by atoms with E-state index in [2.05, 4.69) is 10.3 Å². The lowest BCUT2D eigenvalue weighted by molar-refractivity contribution is -0.140. The average molecular weight is 478 g/mol. The van der Waals surface area contributed by atoms with Crippen molar-refractivity contribution in [2.75, 3.05) is 18.5 Å². The predicted molar refractivity (Wildman–Crippen MR) is 116 cm³/mol. The molecule has 12 heteroatoms. The number of aliphatic hydroxyl groups excluding tert-OH is 1. The first-order valence-electron chi connectivity index (χ1n) is 10.6. The molecule has 0 spiro atoms. The van der Waals surface area contributed by atoms with Crippen molar-refractivity contribution in [2.24, 2.45) is 0 Å². The third kappa shape index (κ3) is 5.72. The normalized spacial score (nSPS) is 23.2. The number of nitrogens with one attached hydrogen (secondary N) is 1. The number of aromatic nitrogens is 2. The molecule has 0 aromatic carbocycles. The summed E-state index contributed by atoms with van der Waals surface area (Å²) in [6, 6.07) is 1.17. The zero-order valence-corrected chi connectivity index (χ0v) is 20.4. The third-order valence-corrected chi connectivity index (χ3v) is 10.4. The van der Waals surface area contributed by atoms with Gasteiger partial charge in [-0.3, -0.25) is 5.32 Å². The van der Waals surface area contributed by atoms with Crippen LogP contribution in [0.5, 0.6) is 0 Å². The second kappa shape index (κ2) is 9.94. The first-order valence-corrected chi connectivity index (χ1v) is 13.5. The summed E-state index contributed by atoms with van der Waals surface area (Å²) in [6.45, 7) is 11.7. The van der Waals surface area contributed by atoms with Crippen molar-refractivity contribution >= 4 is 20.2 Å². The minimum absolute atomic E-state index is 0.138. The molecule has 0 aliphatic carbocycles. The lowest BCUT2D eigenvalue weighted by atomic mass is 10.1. The number of unbranched alkanes of at least 4 members (excludes halogenated alkanes) is 1. The molecule has 1 fully saturated rings. The summed E-state index contributed by atoms with van der Waals surface area (Å²) in [5, 5.41) is 12.4. The molecular weight excluding hydrogens is 444 g/mol. The second-order valence-electron chi connectivity index (χ2n) is 9.31. The summed E-state index contributed by atoms with van der Waals surface area (Å²) in [7, 11) is -2.30. The Hall–Kier alpha value is -1.89. The number of anilines is 1. The van der Waals surface area contributed by atoms with Gasteiger partial charge in [0.15, 0.2) is 14.4 Å². The van der Waals surface area contributed by atoms with Gasteiger partial charge in [0.1, 0.15) is 11.9 Å². The highest BCUT2D eigenvalue weighted by Crippen LogP contribution is 2.44. The Morgan fingerprint density at radius 3 is 2.66 bits per heavy atom. The molecule has 0 saturated carbocycles. The van der Waals surface area contributed by atoms with E-state index in [9.17, 15) is 23.5 Å². The number of rotatable bonds is 8. The number of amides is 1. The molecule has 1 aliphatic rings. The molecule has 1 aromatic heterocycles. The van der Waals surface area contributed by atoms with Gasteiger partial charge in [-0.25, -0.2) is 19.1 Å². The van der Waals surface area contributed by atoms with Crippen LogP contribution in [0.25, 0.3) is 0 Å². The Balaban J connectivity index is 2.25. The predicted octanol–water partition coefficient (Wildman–Crippen LogP) is 3.51. The van der Waals surface area contributed by atoms with Crippen molar-refractivity contribution in [3.05, 3.63) is 22.7 Å². The quantitative estimate of drug-likeness (QED) is 0.435. The van der Waals surface area contributed by atoms with Gasteiger partial charge in [0.05, 0.1) is 13.2 Å². The highest BCUT2D eigenvalue weighted by molar-refractivity contribution is 6.74. The number of carbonyl (C=O) groups excluding carboxylic acids is 1. The summed E-state index contributed by atoms with van der Waals surface area (Å²) in [6.07, 6.45) is -4.18.